The van der Waals surface area contributed by atoms with Gasteiger partial charge in [0.05, 0.1) is 0 Å². The summed E-state index contributed by atoms with van der Waals surface area (Å²) in [4.78, 5) is 0. The third kappa shape index (κ3) is 6.49. The Hall–Kier alpha value is -2.17. The van der Waals surface area contributed by atoms with Crippen LogP contribution >= 0.6 is 7.92 Å². The maximum absolute atomic E-state index is 2.32. The van der Waals surface area contributed by atoms with Gasteiger partial charge in [-0.2, -0.15) is 0 Å². The van der Waals surface area contributed by atoms with Gasteiger partial charge in [-0.1, -0.05) is 116 Å². The third-order valence-electron chi connectivity index (χ3n) is 4.70. The highest BCUT2D eigenvalue weighted by atomic mass is 31.1. The van der Waals surface area contributed by atoms with E-state index in [0.717, 1.165) is 0 Å². The lowest BCUT2D eigenvalue weighted by molar-refractivity contribution is 0.638. The summed E-state index contributed by atoms with van der Waals surface area (Å²) in [5.41, 5.74) is 0. The molecule has 0 amide bonds. The van der Waals surface area contributed by atoms with Gasteiger partial charge < -0.3 is 0 Å². The van der Waals surface area contributed by atoms with Gasteiger partial charge in [-0.05, 0) is 49.5 Å². The Morgan fingerprint density at radius 1 is 0.407 bits per heavy atom. The van der Waals surface area contributed by atoms with Crippen LogP contribution in [0.4, 0.5) is 0 Å². The van der Waals surface area contributed by atoms with Crippen LogP contribution in [0.1, 0.15) is 38.5 Å². The number of hydrogen-bond donors (Lipinski definition) is 0. The van der Waals surface area contributed by atoms with Crippen molar-refractivity contribution >= 4 is 23.8 Å². The average molecular weight is 372 g/mol. The normalized spacial score (nSPS) is 15.1. The quantitative estimate of drug-likeness (QED) is 0.372. The number of benzene rings is 3. The zero-order chi connectivity index (χ0) is 18.6. The lowest BCUT2D eigenvalue weighted by Gasteiger charge is -2.18. The summed E-state index contributed by atoms with van der Waals surface area (Å²) in [6.45, 7) is 0. The second-order valence-corrected chi connectivity index (χ2v) is 9.03. The molecule has 0 unspecified atom stereocenters. The fraction of sp³-hybridized carbons (Fsp3) is 0.231. The van der Waals surface area contributed by atoms with Crippen LogP contribution in [0.25, 0.3) is 0 Å². The van der Waals surface area contributed by atoms with Gasteiger partial charge in [0.2, 0.25) is 0 Å². The molecule has 138 valence electrons. The van der Waals surface area contributed by atoms with E-state index in [0.29, 0.717) is 0 Å². The van der Waals surface area contributed by atoms with Crippen LogP contribution in [0.2, 0.25) is 0 Å². The van der Waals surface area contributed by atoms with Gasteiger partial charge >= 0.3 is 0 Å². The Morgan fingerprint density at radius 3 is 1.07 bits per heavy atom. The molecule has 0 aliphatic heterocycles. The molecule has 4 rings (SSSR count). The predicted octanol–water partition coefficient (Wildman–Crippen LogP) is 6.34. The van der Waals surface area contributed by atoms with E-state index in [-0.39, 0.29) is 0 Å². The molecule has 1 heteroatoms. The first-order valence-electron chi connectivity index (χ1n) is 10.1. The van der Waals surface area contributed by atoms with E-state index in [9.17, 15) is 0 Å². The van der Waals surface area contributed by atoms with Crippen molar-refractivity contribution in [2.45, 2.75) is 38.5 Å². The van der Waals surface area contributed by atoms with Crippen molar-refractivity contribution in [1.29, 1.82) is 0 Å². The second kappa shape index (κ2) is 11.5. The van der Waals surface area contributed by atoms with Crippen LogP contribution in [0.3, 0.4) is 0 Å². The first kappa shape index (κ1) is 19.6. The molecule has 0 saturated carbocycles. The summed E-state index contributed by atoms with van der Waals surface area (Å²) >= 11 is 0. The van der Waals surface area contributed by atoms with Gasteiger partial charge in [0.25, 0.3) is 0 Å². The molecule has 0 spiro atoms. The Kier molecular flexibility index (Phi) is 8.36. The highest BCUT2D eigenvalue weighted by Crippen LogP contribution is 2.32. The topological polar surface area (TPSA) is 0 Å². The van der Waals surface area contributed by atoms with E-state index in [1.54, 1.807) is 0 Å². The van der Waals surface area contributed by atoms with E-state index >= 15 is 0 Å². The molecular weight excluding hydrogens is 343 g/mol. The first-order valence-corrected chi connectivity index (χ1v) is 11.4. The SMILES string of the molecule is C1=C/CCCCCC/1.c1ccc(P(c2ccccc2)c2ccccc2)cc1. The minimum absolute atomic E-state index is 0.446. The molecule has 0 aromatic heterocycles. The molecule has 0 fully saturated rings. The van der Waals surface area contributed by atoms with Crippen LogP contribution in [0.15, 0.2) is 103 Å². The Morgan fingerprint density at radius 2 is 0.741 bits per heavy atom. The van der Waals surface area contributed by atoms with Gasteiger partial charge in [-0.25, -0.2) is 0 Å². The molecule has 0 N–H and O–H groups in total. The summed E-state index contributed by atoms with van der Waals surface area (Å²) in [5, 5.41) is 4.19. The van der Waals surface area contributed by atoms with E-state index in [1.165, 1.54) is 54.4 Å². The summed E-state index contributed by atoms with van der Waals surface area (Å²) in [6, 6.07) is 32.3. The van der Waals surface area contributed by atoms with Gasteiger partial charge in [-0.15, -0.1) is 0 Å². The fourth-order valence-electron chi connectivity index (χ4n) is 3.29. The molecule has 1 aliphatic carbocycles. The number of allylic oxidation sites excluding steroid dienone is 2. The van der Waals surface area contributed by atoms with Crippen LogP contribution in [-0.2, 0) is 0 Å². The summed E-state index contributed by atoms with van der Waals surface area (Å²) < 4.78 is 0. The Balaban J connectivity index is 0.000000221. The van der Waals surface area contributed by atoms with E-state index in [4.69, 9.17) is 0 Å². The monoisotopic (exact) mass is 372 g/mol. The van der Waals surface area contributed by atoms with Gasteiger partial charge in [-0.3, -0.25) is 0 Å². The van der Waals surface area contributed by atoms with Crippen molar-refractivity contribution in [2.24, 2.45) is 0 Å². The maximum atomic E-state index is 2.32. The van der Waals surface area contributed by atoms with Crippen molar-refractivity contribution in [3.63, 3.8) is 0 Å². The number of hydrogen-bond acceptors (Lipinski definition) is 0. The Labute approximate surface area is 165 Å². The molecule has 27 heavy (non-hydrogen) atoms. The molecule has 3 aromatic rings. The molecule has 0 saturated heterocycles. The smallest absolute Gasteiger partial charge is 0.0134 e. The zero-order valence-electron chi connectivity index (χ0n) is 16.0. The van der Waals surface area contributed by atoms with Crippen molar-refractivity contribution in [3.8, 4) is 0 Å². The van der Waals surface area contributed by atoms with Crippen molar-refractivity contribution in [3.05, 3.63) is 103 Å². The van der Waals surface area contributed by atoms with E-state index < -0.39 is 7.92 Å². The molecule has 1 aliphatic rings. The standard InChI is InChI=1S/C18H15P.C8H14/c1-4-10-16(11-5-1)19(17-12-6-2-7-13-17)18-14-8-3-9-15-18;1-2-4-6-8-7-5-3-1/h1-15H;1-2H,3-8H2/b;2-1+. The van der Waals surface area contributed by atoms with E-state index in [1.807, 2.05) is 0 Å². The zero-order valence-corrected chi connectivity index (χ0v) is 16.9. The first-order chi connectivity index (χ1) is 13.4. The highest BCUT2D eigenvalue weighted by molar-refractivity contribution is 7.79. The van der Waals surface area contributed by atoms with Crippen LogP contribution < -0.4 is 15.9 Å². The number of rotatable bonds is 3. The molecule has 3 aromatic carbocycles. The Bertz CT molecular complexity index is 674. The summed E-state index contributed by atoms with van der Waals surface area (Å²) in [6.07, 6.45) is 13.0. The fourth-order valence-corrected chi connectivity index (χ4v) is 5.60. The minimum Gasteiger partial charge on any atom is -0.0885 e. The highest BCUT2D eigenvalue weighted by Gasteiger charge is 2.14. The van der Waals surface area contributed by atoms with Crippen molar-refractivity contribution in [1.82, 2.24) is 0 Å². The molecule has 0 atom stereocenters. The molecule has 0 bridgehead atoms. The largest absolute Gasteiger partial charge is 0.0885 e. The van der Waals surface area contributed by atoms with Crippen LogP contribution in [-0.4, -0.2) is 0 Å². The maximum Gasteiger partial charge on any atom is -0.0134 e. The van der Waals surface area contributed by atoms with Gasteiger partial charge in [0.15, 0.2) is 0 Å². The van der Waals surface area contributed by atoms with Crippen molar-refractivity contribution < 1.29 is 0 Å². The van der Waals surface area contributed by atoms with E-state index in [2.05, 4.69) is 103 Å². The predicted molar refractivity (Wildman–Crippen MR) is 122 cm³/mol. The minimum atomic E-state index is -0.446. The summed E-state index contributed by atoms with van der Waals surface area (Å²) in [7, 11) is -0.446. The molecular formula is C26H29P. The molecule has 0 nitrogen and oxygen atoms in total. The van der Waals surface area contributed by atoms with Gasteiger partial charge in [0, 0.05) is 0 Å². The lowest BCUT2D eigenvalue weighted by Crippen LogP contribution is -2.20. The second-order valence-electron chi connectivity index (χ2n) is 6.81. The third-order valence-corrected chi connectivity index (χ3v) is 7.15. The van der Waals surface area contributed by atoms with Gasteiger partial charge in [0.1, 0.15) is 0 Å². The lowest BCUT2D eigenvalue weighted by atomic mass is 10.1. The van der Waals surface area contributed by atoms with Crippen molar-refractivity contribution in [2.75, 3.05) is 0 Å². The van der Waals surface area contributed by atoms with Crippen LogP contribution in [0.5, 0.6) is 0 Å². The summed E-state index contributed by atoms with van der Waals surface area (Å²) in [5.74, 6) is 0. The average Bonchev–Trinajstić information content (AvgIpc) is 2.71. The molecule has 0 heterocycles. The van der Waals surface area contributed by atoms with Crippen LogP contribution in [0, 0.1) is 0 Å². The molecule has 0 radical (unpaired) electrons.